The van der Waals surface area contributed by atoms with Crippen molar-refractivity contribution in [3.8, 4) is 5.75 Å². The lowest BCUT2D eigenvalue weighted by molar-refractivity contribution is -0.117. The van der Waals surface area contributed by atoms with Crippen molar-refractivity contribution in [2.24, 2.45) is 0 Å². The Labute approximate surface area is 133 Å². The highest BCUT2D eigenvalue weighted by Gasteiger charge is 2.11. The standard InChI is InChI=1S/C18H17F2NO2/c1-12(14-7-8-17(23-2)16(20)11-14)21-18(22)9-6-13-4-3-5-15(19)10-13/h3-12H,1-2H3,(H,21,22)/b9-6+/t12-/m0/s1. The second-order valence-electron chi connectivity index (χ2n) is 5.01. The minimum Gasteiger partial charge on any atom is -0.494 e. The smallest absolute Gasteiger partial charge is 0.244 e. The van der Waals surface area contributed by atoms with Crippen LogP contribution in [0.4, 0.5) is 8.78 Å². The van der Waals surface area contributed by atoms with Gasteiger partial charge >= 0.3 is 0 Å². The molecule has 0 radical (unpaired) electrons. The molecule has 5 heteroatoms. The third-order valence-corrected chi connectivity index (χ3v) is 3.31. The summed E-state index contributed by atoms with van der Waals surface area (Å²) in [4.78, 5) is 11.9. The number of hydrogen-bond acceptors (Lipinski definition) is 2. The Morgan fingerprint density at radius 3 is 2.65 bits per heavy atom. The molecule has 0 bridgehead atoms. The first-order chi connectivity index (χ1) is 11.0. The van der Waals surface area contributed by atoms with Crippen LogP contribution in [0.3, 0.4) is 0 Å². The zero-order chi connectivity index (χ0) is 16.8. The van der Waals surface area contributed by atoms with Crippen molar-refractivity contribution < 1.29 is 18.3 Å². The molecule has 120 valence electrons. The van der Waals surface area contributed by atoms with Crippen molar-refractivity contribution >= 4 is 12.0 Å². The third kappa shape index (κ3) is 4.64. The topological polar surface area (TPSA) is 38.3 Å². The molecule has 0 aliphatic heterocycles. The lowest BCUT2D eigenvalue weighted by Gasteiger charge is -2.14. The molecule has 1 atom stereocenters. The maximum atomic E-state index is 13.7. The van der Waals surface area contributed by atoms with E-state index in [0.29, 0.717) is 11.1 Å². The van der Waals surface area contributed by atoms with E-state index in [0.717, 1.165) is 0 Å². The Morgan fingerprint density at radius 2 is 2.00 bits per heavy atom. The number of amides is 1. The maximum absolute atomic E-state index is 13.7. The maximum Gasteiger partial charge on any atom is 0.244 e. The van der Waals surface area contributed by atoms with Crippen molar-refractivity contribution in [2.45, 2.75) is 13.0 Å². The molecule has 3 nitrogen and oxygen atoms in total. The van der Waals surface area contributed by atoms with Crippen LogP contribution < -0.4 is 10.1 Å². The van der Waals surface area contributed by atoms with Crippen LogP contribution in [-0.2, 0) is 4.79 Å². The molecule has 0 fully saturated rings. The highest BCUT2D eigenvalue weighted by atomic mass is 19.1. The molecule has 0 aromatic heterocycles. The van der Waals surface area contributed by atoms with Crippen LogP contribution in [0.5, 0.6) is 5.75 Å². The Balaban J connectivity index is 2.00. The predicted octanol–water partition coefficient (Wildman–Crippen LogP) is 3.86. The molecule has 0 aliphatic rings. The van der Waals surface area contributed by atoms with Gasteiger partial charge in [0.1, 0.15) is 5.82 Å². The van der Waals surface area contributed by atoms with Gasteiger partial charge in [-0.3, -0.25) is 4.79 Å². The number of halogens is 2. The molecule has 2 rings (SSSR count). The van der Waals surface area contributed by atoms with E-state index in [1.807, 2.05) is 0 Å². The summed E-state index contributed by atoms with van der Waals surface area (Å²) in [5.41, 5.74) is 1.21. The summed E-state index contributed by atoms with van der Waals surface area (Å²) in [6, 6.07) is 10.0. The quantitative estimate of drug-likeness (QED) is 0.850. The molecule has 0 saturated heterocycles. The molecule has 0 aliphatic carbocycles. The Bertz CT molecular complexity index is 729. The van der Waals surface area contributed by atoms with Gasteiger partial charge in [-0.2, -0.15) is 0 Å². The normalized spacial score (nSPS) is 12.2. The summed E-state index contributed by atoms with van der Waals surface area (Å²) in [7, 11) is 1.39. The molecule has 1 N–H and O–H groups in total. The van der Waals surface area contributed by atoms with Crippen molar-refractivity contribution in [1.82, 2.24) is 5.32 Å². The second kappa shape index (κ2) is 7.54. The van der Waals surface area contributed by atoms with Gasteiger partial charge in [0, 0.05) is 6.08 Å². The molecular formula is C18H17F2NO2. The highest BCUT2D eigenvalue weighted by molar-refractivity contribution is 5.91. The number of carbonyl (C=O) groups excluding carboxylic acids is 1. The first-order valence-corrected chi connectivity index (χ1v) is 7.07. The Kier molecular flexibility index (Phi) is 5.46. The van der Waals surface area contributed by atoms with E-state index in [4.69, 9.17) is 4.74 Å². The average molecular weight is 317 g/mol. The first kappa shape index (κ1) is 16.7. The van der Waals surface area contributed by atoms with E-state index in [1.165, 1.54) is 43.5 Å². The zero-order valence-corrected chi connectivity index (χ0v) is 12.8. The van der Waals surface area contributed by atoms with Crippen LogP contribution in [0.1, 0.15) is 24.1 Å². The molecule has 0 spiro atoms. The molecule has 23 heavy (non-hydrogen) atoms. The van der Waals surface area contributed by atoms with E-state index in [2.05, 4.69) is 5.32 Å². The summed E-state index contributed by atoms with van der Waals surface area (Å²) in [6.07, 6.45) is 2.82. The molecular weight excluding hydrogens is 300 g/mol. The number of rotatable bonds is 5. The van der Waals surface area contributed by atoms with Gasteiger partial charge in [-0.05, 0) is 48.4 Å². The van der Waals surface area contributed by atoms with Gasteiger partial charge in [0.25, 0.3) is 0 Å². The Morgan fingerprint density at radius 1 is 1.22 bits per heavy atom. The van der Waals surface area contributed by atoms with Crippen molar-refractivity contribution in [2.75, 3.05) is 7.11 Å². The summed E-state index contributed by atoms with van der Waals surface area (Å²) in [6.45, 7) is 1.75. The molecule has 0 heterocycles. The summed E-state index contributed by atoms with van der Waals surface area (Å²) < 4.78 is 31.6. The molecule has 1 amide bonds. The van der Waals surface area contributed by atoms with Crippen molar-refractivity contribution in [3.05, 3.63) is 71.3 Å². The van der Waals surface area contributed by atoms with E-state index in [9.17, 15) is 13.6 Å². The molecule has 2 aromatic carbocycles. The number of hydrogen-bond donors (Lipinski definition) is 1. The monoisotopic (exact) mass is 317 g/mol. The van der Waals surface area contributed by atoms with E-state index in [1.54, 1.807) is 25.1 Å². The number of carbonyl (C=O) groups is 1. The van der Waals surface area contributed by atoms with E-state index in [-0.39, 0.29) is 23.5 Å². The highest BCUT2D eigenvalue weighted by Crippen LogP contribution is 2.21. The number of ether oxygens (including phenoxy) is 1. The van der Waals surface area contributed by atoms with E-state index >= 15 is 0 Å². The SMILES string of the molecule is COc1ccc([C@H](C)NC(=O)/C=C/c2cccc(F)c2)cc1F. The minimum atomic E-state index is -0.485. The van der Waals surface area contributed by atoms with Gasteiger partial charge < -0.3 is 10.1 Å². The summed E-state index contributed by atoms with van der Waals surface area (Å²) >= 11 is 0. The van der Waals surface area contributed by atoms with Gasteiger partial charge in [-0.1, -0.05) is 18.2 Å². The first-order valence-electron chi connectivity index (χ1n) is 7.07. The number of nitrogens with one attached hydrogen (secondary N) is 1. The van der Waals surface area contributed by atoms with Gasteiger partial charge in [-0.25, -0.2) is 8.78 Å². The van der Waals surface area contributed by atoms with Gasteiger partial charge in [-0.15, -0.1) is 0 Å². The summed E-state index contributed by atoms with van der Waals surface area (Å²) in [5, 5.41) is 2.72. The fourth-order valence-electron chi connectivity index (χ4n) is 2.08. The molecule has 0 unspecified atom stereocenters. The lowest BCUT2D eigenvalue weighted by atomic mass is 10.1. The fourth-order valence-corrected chi connectivity index (χ4v) is 2.08. The van der Waals surface area contributed by atoms with Crippen LogP contribution in [-0.4, -0.2) is 13.0 Å². The third-order valence-electron chi connectivity index (χ3n) is 3.31. The number of methoxy groups -OCH3 is 1. The second-order valence-corrected chi connectivity index (χ2v) is 5.01. The van der Waals surface area contributed by atoms with Gasteiger partial charge in [0.2, 0.25) is 5.91 Å². The summed E-state index contributed by atoms with van der Waals surface area (Å²) in [5.74, 6) is -1.05. The number of benzene rings is 2. The van der Waals surface area contributed by atoms with Crippen LogP contribution >= 0.6 is 0 Å². The largest absolute Gasteiger partial charge is 0.494 e. The fraction of sp³-hybridized carbons (Fsp3) is 0.167. The van der Waals surface area contributed by atoms with Crippen molar-refractivity contribution in [1.29, 1.82) is 0 Å². The Hall–Kier alpha value is -2.69. The van der Waals surface area contributed by atoms with Gasteiger partial charge in [0.05, 0.1) is 13.2 Å². The van der Waals surface area contributed by atoms with Crippen LogP contribution in [0.25, 0.3) is 6.08 Å². The van der Waals surface area contributed by atoms with Crippen LogP contribution in [0.2, 0.25) is 0 Å². The van der Waals surface area contributed by atoms with Gasteiger partial charge in [0.15, 0.2) is 11.6 Å². The molecule has 2 aromatic rings. The molecule has 0 saturated carbocycles. The van der Waals surface area contributed by atoms with Crippen LogP contribution in [0, 0.1) is 11.6 Å². The zero-order valence-electron chi connectivity index (χ0n) is 12.8. The van der Waals surface area contributed by atoms with E-state index < -0.39 is 5.82 Å². The lowest BCUT2D eigenvalue weighted by Crippen LogP contribution is -2.24. The van der Waals surface area contributed by atoms with Crippen molar-refractivity contribution in [3.63, 3.8) is 0 Å². The minimum absolute atomic E-state index is 0.151. The predicted molar refractivity (Wildman–Crippen MR) is 84.9 cm³/mol. The van der Waals surface area contributed by atoms with Crippen LogP contribution in [0.15, 0.2) is 48.5 Å². The average Bonchev–Trinajstić information content (AvgIpc) is 2.53.